The van der Waals surface area contributed by atoms with Crippen molar-refractivity contribution in [2.75, 3.05) is 20.8 Å². The molecule has 0 aliphatic carbocycles. The molecule has 1 aromatic heterocycles. The maximum atomic E-state index is 13.1. The second-order valence-electron chi connectivity index (χ2n) is 6.66. The van der Waals surface area contributed by atoms with Crippen LogP contribution < -0.4 is 9.47 Å². The highest BCUT2D eigenvalue weighted by Gasteiger charge is 2.31. The van der Waals surface area contributed by atoms with Gasteiger partial charge in [-0.15, -0.1) is 0 Å². The molecule has 4 rings (SSSR count). The summed E-state index contributed by atoms with van der Waals surface area (Å²) in [7, 11) is 3.24. The molecule has 7 heteroatoms. The van der Waals surface area contributed by atoms with Gasteiger partial charge in [-0.05, 0) is 54.8 Å². The fourth-order valence-corrected chi connectivity index (χ4v) is 3.68. The molecule has 1 saturated heterocycles. The first-order chi connectivity index (χ1) is 13.7. The lowest BCUT2D eigenvalue weighted by Gasteiger charge is -2.26. The average Bonchev–Trinajstić information content (AvgIpc) is 3.45. The Morgan fingerprint density at radius 1 is 1.07 bits per heavy atom. The lowest BCUT2D eigenvalue weighted by atomic mass is 10.0. The van der Waals surface area contributed by atoms with Gasteiger partial charge < -0.3 is 14.4 Å². The van der Waals surface area contributed by atoms with Crippen LogP contribution in [0.25, 0.3) is 5.69 Å². The second kappa shape index (κ2) is 7.72. The predicted molar refractivity (Wildman–Crippen MR) is 104 cm³/mol. The van der Waals surface area contributed by atoms with E-state index in [4.69, 9.17) is 9.47 Å². The van der Waals surface area contributed by atoms with Crippen molar-refractivity contribution in [3.63, 3.8) is 0 Å². The highest BCUT2D eigenvalue weighted by molar-refractivity contribution is 5.94. The maximum Gasteiger partial charge on any atom is 0.254 e. The van der Waals surface area contributed by atoms with E-state index < -0.39 is 0 Å². The Labute approximate surface area is 163 Å². The molecule has 2 aromatic carbocycles. The normalized spacial score (nSPS) is 16.2. The molecular weight excluding hydrogens is 356 g/mol. The van der Waals surface area contributed by atoms with Crippen LogP contribution >= 0.6 is 0 Å². The summed E-state index contributed by atoms with van der Waals surface area (Å²) < 4.78 is 12.4. The van der Waals surface area contributed by atoms with Gasteiger partial charge in [-0.3, -0.25) is 4.79 Å². The van der Waals surface area contributed by atoms with E-state index in [-0.39, 0.29) is 11.9 Å². The van der Waals surface area contributed by atoms with Crippen molar-refractivity contribution in [2.45, 2.75) is 18.9 Å². The van der Waals surface area contributed by atoms with Crippen LogP contribution in [-0.4, -0.2) is 46.3 Å². The highest BCUT2D eigenvalue weighted by Crippen LogP contribution is 2.37. The van der Waals surface area contributed by atoms with Crippen LogP contribution in [0.2, 0.25) is 0 Å². The smallest absolute Gasteiger partial charge is 0.254 e. The van der Waals surface area contributed by atoms with E-state index in [0.29, 0.717) is 17.1 Å². The topological polar surface area (TPSA) is 69.5 Å². The van der Waals surface area contributed by atoms with Crippen LogP contribution in [0, 0.1) is 0 Å². The molecule has 0 N–H and O–H groups in total. The molecule has 0 bridgehead atoms. The Morgan fingerprint density at radius 3 is 2.54 bits per heavy atom. The van der Waals surface area contributed by atoms with Crippen molar-refractivity contribution in [3.05, 3.63) is 66.2 Å². The maximum absolute atomic E-state index is 13.1. The minimum absolute atomic E-state index is 0.0299. The number of hydrogen-bond donors (Lipinski definition) is 0. The molecule has 1 amide bonds. The molecule has 1 unspecified atom stereocenters. The largest absolute Gasteiger partial charge is 0.493 e. The summed E-state index contributed by atoms with van der Waals surface area (Å²) in [6, 6.07) is 13.3. The lowest BCUT2D eigenvalue weighted by molar-refractivity contribution is 0.0735. The number of nitrogens with zero attached hydrogens (tertiary/aromatic N) is 4. The van der Waals surface area contributed by atoms with Crippen LogP contribution in [0.15, 0.2) is 55.1 Å². The van der Waals surface area contributed by atoms with E-state index in [1.54, 1.807) is 25.2 Å². The lowest BCUT2D eigenvalue weighted by Crippen LogP contribution is -2.30. The summed E-state index contributed by atoms with van der Waals surface area (Å²) in [5, 5.41) is 4.11. The third-order valence-corrected chi connectivity index (χ3v) is 5.10. The zero-order valence-electron chi connectivity index (χ0n) is 15.9. The van der Waals surface area contributed by atoms with E-state index in [1.807, 2.05) is 47.4 Å². The zero-order chi connectivity index (χ0) is 19.5. The van der Waals surface area contributed by atoms with Crippen molar-refractivity contribution >= 4 is 5.91 Å². The zero-order valence-corrected chi connectivity index (χ0v) is 15.9. The number of aromatic nitrogens is 3. The number of ether oxygens (including phenoxy) is 2. The van der Waals surface area contributed by atoms with Crippen molar-refractivity contribution < 1.29 is 14.3 Å². The van der Waals surface area contributed by atoms with Gasteiger partial charge in [-0.25, -0.2) is 9.67 Å². The molecule has 2 heterocycles. The van der Waals surface area contributed by atoms with Crippen molar-refractivity contribution in [1.29, 1.82) is 0 Å². The van der Waals surface area contributed by atoms with Crippen molar-refractivity contribution in [1.82, 2.24) is 19.7 Å². The number of rotatable bonds is 5. The molecule has 1 aliphatic rings. The number of likely N-dealkylation sites (tertiary alicyclic amines) is 1. The van der Waals surface area contributed by atoms with Crippen molar-refractivity contribution in [2.24, 2.45) is 0 Å². The van der Waals surface area contributed by atoms with Crippen LogP contribution in [0.1, 0.15) is 34.8 Å². The van der Waals surface area contributed by atoms with Crippen LogP contribution in [0.3, 0.4) is 0 Å². The average molecular weight is 378 g/mol. The van der Waals surface area contributed by atoms with Gasteiger partial charge in [0, 0.05) is 12.1 Å². The molecule has 144 valence electrons. The molecule has 7 nitrogen and oxygen atoms in total. The summed E-state index contributed by atoms with van der Waals surface area (Å²) in [6.07, 6.45) is 5.02. The first-order valence-corrected chi connectivity index (χ1v) is 9.19. The Morgan fingerprint density at radius 2 is 1.86 bits per heavy atom. The fraction of sp³-hybridized carbons (Fsp3) is 0.286. The summed E-state index contributed by atoms with van der Waals surface area (Å²) in [4.78, 5) is 19.0. The number of benzene rings is 2. The molecule has 3 aromatic rings. The SMILES string of the molecule is COc1ccc(C2CCCN2C(=O)c2ccc(-n3cncn3)cc2)cc1OC. The molecule has 1 atom stereocenters. The van der Waals surface area contributed by atoms with Gasteiger partial charge in [0.1, 0.15) is 12.7 Å². The first-order valence-electron chi connectivity index (χ1n) is 9.19. The minimum atomic E-state index is 0.0299. The Bertz CT molecular complexity index is 954. The highest BCUT2D eigenvalue weighted by atomic mass is 16.5. The quantitative estimate of drug-likeness (QED) is 0.682. The van der Waals surface area contributed by atoms with Crippen LogP contribution in [0.4, 0.5) is 0 Å². The van der Waals surface area contributed by atoms with E-state index in [2.05, 4.69) is 10.1 Å². The van der Waals surface area contributed by atoms with Gasteiger partial charge >= 0.3 is 0 Å². The van der Waals surface area contributed by atoms with E-state index in [1.165, 1.54) is 6.33 Å². The molecule has 0 spiro atoms. The second-order valence-corrected chi connectivity index (χ2v) is 6.66. The molecule has 0 radical (unpaired) electrons. The molecular formula is C21H22N4O3. The van der Waals surface area contributed by atoms with Gasteiger partial charge in [-0.2, -0.15) is 5.10 Å². The monoisotopic (exact) mass is 378 g/mol. The van der Waals surface area contributed by atoms with Gasteiger partial charge in [0.2, 0.25) is 0 Å². The standard InChI is InChI=1S/C21H22N4O3/c1-27-19-10-7-16(12-20(19)28-2)18-4-3-11-24(18)21(26)15-5-8-17(9-6-15)25-14-22-13-23-25/h5-10,12-14,18H,3-4,11H2,1-2H3. The van der Waals surface area contributed by atoms with Crippen LogP contribution in [-0.2, 0) is 0 Å². The Kier molecular flexibility index (Phi) is 4.97. The summed E-state index contributed by atoms with van der Waals surface area (Å²) in [5.41, 5.74) is 2.59. The minimum Gasteiger partial charge on any atom is -0.493 e. The Hall–Kier alpha value is -3.35. The molecule has 1 aliphatic heterocycles. The number of carbonyl (C=O) groups is 1. The van der Waals surface area contributed by atoms with Gasteiger partial charge in [-0.1, -0.05) is 6.07 Å². The molecule has 1 fully saturated rings. The predicted octanol–water partition coefficient (Wildman–Crippen LogP) is 3.26. The van der Waals surface area contributed by atoms with Gasteiger partial charge in [0.05, 0.1) is 25.9 Å². The number of methoxy groups -OCH3 is 2. The summed E-state index contributed by atoms with van der Waals surface area (Å²) in [6.45, 7) is 0.739. The third kappa shape index (κ3) is 3.31. The molecule has 0 saturated carbocycles. The first kappa shape index (κ1) is 18.0. The van der Waals surface area contributed by atoms with Gasteiger partial charge in [0.15, 0.2) is 11.5 Å². The van der Waals surface area contributed by atoms with Crippen molar-refractivity contribution in [3.8, 4) is 17.2 Å². The van der Waals surface area contributed by atoms with E-state index in [9.17, 15) is 4.79 Å². The number of hydrogen-bond acceptors (Lipinski definition) is 5. The van der Waals surface area contributed by atoms with E-state index >= 15 is 0 Å². The fourth-order valence-electron chi connectivity index (χ4n) is 3.68. The Balaban J connectivity index is 1.57. The van der Waals surface area contributed by atoms with Crippen LogP contribution in [0.5, 0.6) is 11.5 Å². The number of carbonyl (C=O) groups excluding carboxylic acids is 1. The summed E-state index contributed by atoms with van der Waals surface area (Å²) in [5.74, 6) is 1.39. The van der Waals surface area contributed by atoms with Gasteiger partial charge in [0.25, 0.3) is 5.91 Å². The summed E-state index contributed by atoms with van der Waals surface area (Å²) >= 11 is 0. The third-order valence-electron chi connectivity index (χ3n) is 5.10. The number of amides is 1. The van der Waals surface area contributed by atoms with E-state index in [0.717, 1.165) is 30.6 Å². The molecule has 28 heavy (non-hydrogen) atoms.